The van der Waals surface area contributed by atoms with Gasteiger partial charge in [-0.1, -0.05) is 12.1 Å². The van der Waals surface area contributed by atoms with Crippen LogP contribution in [0.5, 0.6) is 0 Å². The Morgan fingerprint density at radius 1 is 1.45 bits per heavy atom. The summed E-state index contributed by atoms with van der Waals surface area (Å²) >= 11 is 0. The zero-order chi connectivity index (χ0) is 7.84. The molecule has 11 heavy (non-hydrogen) atoms. The Morgan fingerprint density at radius 3 is 3.00 bits per heavy atom. The van der Waals surface area contributed by atoms with Crippen LogP contribution < -0.4 is 0 Å². The summed E-state index contributed by atoms with van der Waals surface area (Å²) in [5.41, 5.74) is 1.41. The molecule has 0 aliphatic carbocycles. The van der Waals surface area contributed by atoms with E-state index in [1.807, 2.05) is 13.0 Å². The number of H-pyrrole nitrogens is 1. The van der Waals surface area contributed by atoms with Crippen molar-refractivity contribution in [2.24, 2.45) is 0 Å². The Morgan fingerprint density at radius 2 is 2.27 bits per heavy atom. The molecule has 1 aromatic heterocycles. The number of fused-ring (bicyclic) bond motifs is 1. The fraction of sp³-hybridized carbons (Fsp3) is 0.111. The average Bonchev–Trinajstić information content (AvgIpc) is 2.31. The number of hydrogen-bond donors (Lipinski definition) is 1. The van der Waals surface area contributed by atoms with Gasteiger partial charge in [-0.25, -0.2) is 4.39 Å². The summed E-state index contributed by atoms with van der Waals surface area (Å²) in [5, 5.41) is 0.808. The molecule has 1 heterocycles. The highest BCUT2D eigenvalue weighted by Crippen LogP contribution is 2.16. The first-order chi connectivity index (χ1) is 5.27. The van der Waals surface area contributed by atoms with E-state index in [1.54, 1.807) is 6.07 Å². The van der Waals surface area contributed by atoms with E-state index < -0.39 is 0 Å². The van der Waals surface area contributed by atoms with Gasteiger partial charge in [0.1, 0.15) is 5.82 Å². The number of rotatable bonds is 0. The van der Waals surface area contributed by atoms with E-state index in [9.17, 15) is 4.39 Å². The highest BCUT2D eigenvalue weighted by Gasteiger charge is 2.01. The van der Waals surface area contributed by atoms with Crippen molar-refractivity contribution in [1.29, 1.82) is 0 Å². The molecule has 0 fully saturated rings. The van der Waals surface area contributed by atoms with Gasteiger partial charge < -0.3 is 4.98 Å². The number of aromatic nitrogens is 1. The topological polar surface area (TPSA) is 15.8 Å². The van der Waals surface area contributed by atoms with Crippen LogP contribution in [0.25, 0.3) is 10.9 Å². The van der Waals surface area contributed by atoms with E-state index >= 15 is 0 Å². The van der Waals surface area contributed by atoms with Crippen molar-refractivity contribution < 1.29 is 4.39 Å². The lowest BCUT2D eigenvalue weighted by atomic mass is 10.2. The first-order valence-electron chi connectivity index (χ1n) is 3.43. The van der Waals surface area contributed by atoms with Crippen LogP contribution in [0, 0.1) is 18.8 Å². The van der Waals surface area contributed by atoms with Crippen molar-refractivity contribution >= 4 is 10.9 Å². The predicted octanol–water partition coefficient (Wildman–Crippen LogP) is 2.42. The van der Waals surface area contributed by atoms with Crippen molar-refractivity contribution in [1.82, 2.24) is 4.98 Å². The normalized spacial score (nSPS) is 10.7. The Hall–Kier alpha value is -1.31. The minimum absolute atomic E-state index is 0.216. The molecule has 1 N–H and O–H groups in total. The summed E-state index contributed by atoms with van der Waals surface area (Å²) in [7, 11) is 0. The van der Waals surface area contributed by atoms with Crippen molar-refractivity contribution in [2.75, 3.05) is 0 Å². The third-order valence-corrected chi connectivity index (χ3v) is 1.65. The largest absolute Gasteiger partial charge is 0.356 e. The van der Waals surface area contributed by atoms with E-state index in [4.69, 9.17) is 0 Å². The summed E-state index contributed by atoms with van der Waals surface area (Å²) in [6.07, 6.45) is 0. The lowest BCUT2D eigenvalue weighted by Crippen LogP contribution is -1.75. The maximum Gasteiger partial charge on any atom is 0.147 e. The summed E-state index contributed by atoms with van der Waals surface area (Å²) in [6, 6.07) is 7.96. The monoisotopic (exact) mass is 148 g/mol. The standard InChI is InChI=1S/C9H7FN/c1-6-5-7-3-2-4-8(10)9(7)11-6/h2-4,11H,1H3. The maximum absolute atomic E-state index is 12.9. The molecule has 1 aromatic carbocycles. The maximum atomic E-state index is 12.9. The Balaban J connectivity index is 2.90. The molecule has 0 saturated heterocycles. The molecule has 1 radical (unpaired) electrons. The SMILES string of the molecule is Cc1[c]c2cccc(F)c2[nH]1. The van der Waals surface area contributed by atoms with Crippen molar-refractivity contribution in [3.63, 3.8) is 0 Å². The molecular weight excluding hydrogens is 141 g/mol. The third kappa shape index (κ3) is 0.909. The van der Waals surface area contributed by atoms with E-state index in [2.05, 4.69) is 11.1 Å². The van der Waals surface area contributed by atoms with Gasteiger partial charge in [0.15, 0.2) is 0 Å². The van der Waals surface area contributed by atoms with Gasteiger partial charge in [-0.2, -0.15) is 0 Å². The van der Waals surface area contributed by atoms with Crippen LogP contribution in [-0.4, -0.2) is 4.98 Å². The number of aryl methyl sites for hydroxylation is 1. The van der Waals surface area contributed by atoms with Gasteiger partial charge in [-0.15, -0.1) is 0 Å². The van der Waals surface area contributed by atoms with Crippen LogP contribution in [0.3, 0.4) is 0 Å². The van der Waals surface area contributed by atoms with Crippen LogP contribution >= 0.6 is 0 Å². The molecule has 0 atom stereocenters. The predicted molar refractivity (Wildman–Crippen MR) is 41.8 cm³/mol. The molecule has 0 amide bonds. The van der Waals surface area contributed by atoms with E-state index in [0.717, 1.165) is 11.1 Å². The first kappa shape index (κ1) is 6.40. The van der Waals surface area contributed by atoms with Gasteiger partial charge in [-0.05, 0) is 13.0 Å². The number of nitrogens with one attached hydrogen (secondary N) is 1. The summed E-state index contributed by atoms with van der Waals surface area (Å²) < 4.78 is 12.9. The van der Waals surface area contributed by atoms with Gasteiger partial charge in [0, 0.05) is 17.1 Å². The van der Waals surface area contributed by atoms with E-state index in [0.29, 0.717) is 5.52 Å². The lowest BCUT2D eigenvalue weighted by molar-refractivity contribution is 0.637. The van der Waals surface area contributed by atoms with Crippen molar-refractivity contribution in [3.8, 4) is 0 Å². The highest BCUT2D eigenvalue weighted by atomic mass is 19.1. The van der Waals surface area contributed by atoms with Crippen LogP contribution in [0.2, 0.25) is 0 Å². The molecule has 55 valence electrons. The molecule has 0 aliphatic rings. The van der Waals surface area contributed by atoms with E-state index in [-0.39, 0.29) is 5.82 Å². The second-order valence-corrected chi connectivity index (χ2v) is 2.54. The molecule has 0 bridgehead atoms. The van der Waals surface area contributed by atoms with Crippen LogP contribution in [-0.2, 0) is 0 Å². The first-order valence-corrected chi connectivity index (χ1v) is 3.43. The van der Waals surface area contributed by atoms with Gasteiger partial charge in [0.05, 0.1) is 5.52 Å². The minimum atomic E-state index is -0.216. The van der Waals surface area contributed by atoms with E-state index in [1.165, 1.54) is 6.07 Å². The minimum Gasteiger partial charge on any atom is -0.356 e. The summed E-state index contributed by atoms with van der Waals surface area (Å²) in [4.78, 5) is 2.90. The molecule has 0 unspecified atom stereocenters. The molecule has 2 aromatic rings. The van der Waals surface area contributed by atoms with Gasteiger partial charge in [0.25, 0.3) is 0 Å². The molecule has 0 saturated carbocycles. The smallest absolute Gasteiger partial charge is 0.147 e. The van der Waals surface area contributed by atoms with Crippen LogP contribution in [0.4, 0.5) is 4.39 Å². The second kappa shape index (κ2) is 2.09. The molecule has 0 aliphatic heterocycles. The molecule has 2 rings (SSSR count). The van der Waals surface area contributed by atoms with Gasteiger partial charge in [0.2, 0.25) is 0 Å². The number of aromatic amines is 1. The van der Waals surface area contributed by atoms with Crippen molar-refractivity contribution in [2.45, 2.75) is 6.92 Å². The molecular formula is C9H7FN. The summed E-state index contributed by atoms with van der Waals surface area (Å²) in [6.45, 7) is 1.86. The quantitative estimate of drug-likeness (QED) is 0.590. The Bertz CT molecular complexity index is 389. The third-order valence-electron chi connectivity index (χ3n) is 1.65. The number of para-hydroxylation sites is 1. The second-order valence-electron chi connectivity index (χ2n) is 2.54. The number of benzene rings is 1. The average molecular weight is 148 g/mol. The highest BCUT2D eigenvalue weighted by molar-refractivity contribution is 5.79. The lowest BCUT2D eigenvalue weighted by Gasteiger charge is -1.88. The summed E-state index contributed by atoms with van der Waals surface area (Å²) in [5.74, 6) is -0.216. The van der Waals surface area contributed by atoms with Crippen LogP contribution in [0.1, 0.15) is 5.69 Å². The fourth-order valence-corrected chi connectivity index (χ4v) is 1.18. The van der Waals surface area contributed by atoms with Crippen LogP contribution in [0.15, 0.2) is 18.2 Å². The Labute approximate surface area is 63.9 Å². The fourth-order valence-electron chi connectivity index (χ4n) is 1.18. The van der Waals surface area contributed by atoms with Gasteiger partial charge >= 0.3 is 0 Å². The number of hydrogen-bond acceptors (Lipinski definition) is 0. The molecule has 0 spiro atoms. The number of halogens is 1. The molecule has 1 nitrogen and oxygen atoms in total. The Kier molecular flexibility index (Phi) is 1.22. The van der Waals surface area contributed by atoms with Gasteiger partial charge in [-0.3, -0.25) is 0 Å². The van der Waals surface area contributed by atoms with Crippen molar-refractivity contribution in [3.05, 3.63) is 35.8 Å². The zero-order valence-electron chi connectivity index (χ0n) is 6.11. The zero-order valence-corrected chi connectivity index (χ0v) is 6.11. The molecule has 2 heteroatoms.